The molecule has 0 radical (unpaired) electrons. The maximum absolute atomic E-state index is 13.5. The first-order chi connectivity index (χ1) is 18.9. The topological polar surface area (TPSA) is 80.5 Å². The molecule has 0 spiro atoms. The third-order valence-electron chi connectivity index (χ3n) is 7.57. The first-order valence-electron chi connectivity index (χ1n) is 13.6. The van der Waals surface area contributed by atoms with E-state index >= 15 is 0 Å². The van der Waals surface area contributed by atoms with Gasteiger partial charge in [-0.3, -0.25) is 9.59 Å². The highest BCUT2D eigenvalue weighted by Gasteiger charge is 2.46. The van der Waals surface area contributed by atoms with Crippen LogP contribution < -0.4 is 14.4 Å². The van der Waals surface area contributed by atoms with Crippen LogP contribution in [0.15, 0.2) is 78.4 Å². The number of quaternary nitrogens is 1. The Morgan fingerprint density at radius 2 is 1.74 bits per heavy atom. The zero-order valence-electron chi connectivity index (χ0n) is 22.6. The fourth-order valence-corrected chi connectivity index (χ4v) is 5.44. The van der Waals surface area contributed by atoms with Crippen molar-refractivity contribution < 1.29 is 29.1 Å². The molecule has 7 heteroatoms. The van der Waals surface area contributed by atoms with Gasteiger partial charge in [-0.2, -0.15) is 0 Å². The number of hydrogen-bond acceptors (Lipinski definition) is 5. The van der Waals surface area contributed by atoms with E-state index in [-0.39, 0.29) is 17.4 Å². The lowest BCUT2D eigenvalue weighted by molar-refractivity contribution is -0.895. The molecule has 39 heavy (non-hydrogen) atoms. The highest BCUT2D eigenvalue weighted by atomic mass is 16.5. The molecular formula is C32H35N2O5+. The minimum absolute atomic E-state index is 0.0536. The number of ketones is 1. The lowest BCUT2D eigenvalue weighted by Crippen LogP contribution is -3.12. The fourth-order valence-electron chi connectivity index (χ4n) is 5.44. The van der Waals surface area contributed by atoms with Gasteiger partial charge in [0.05, 0.1) is 37.8 Å². The molecule has 2 aliphatic rings. The van der Waals surface area contributed by atoms with Gasteiger partial charge in [0.2, 0.25) is 0 Å². The second-order valence-corrected chi connectivity index (χ2v) is 10.1. The van der Waals surface area contributed by atoms with Gasteiger partial charge >= 0.3 is 0 Å². The summed E-state index contributed by atoms with van der Waals surface area (Å²) in [6.07, 6.45) is 0.776. The van der Waals surface area contributed by atoms with Crippen LogP contribution in [0, 0.1) is 0 Å². The van der Waals surface area contributed by atoms with Crippen molar-refractivity contribution in [1.82, 2.24) is 4.90 Å². The molecule has 3 aromatic carbocycles. The van der Waals surface area contributed by atoms with Crippen molar-refractivity contribution >= 4 is 17.4 Å². The van der Waals surface area contributed by atoms with Crippen LogP contribution in [0.2, 0.25) is 0 Å². The summed E-state index contributed by atoms with van der Waals surface area (Å²) in [5.41, 5.74) is 2.27. The largest absolute Gasteiger partial charge is 0.507 e. The summed E-state index contributed by atoms with van der Waals surface area (Å²) >= 11 is 0. The summed E-state index contributed by atoms with van der Waals surface area (Å²) in [5.74, 6) is 0.606. The number of amides is 1. The van der Waals surface area contributed by atoms with E-state index in [1.54, 1.807) is 11.0 Å². The van der Waals surface area contributed by atoms with Gasteiger partial charge in [0.1, 0.15) is 29.1 Å². The van der Waals surface area contributed by atoms with Crippen molar-refractivity contribution in [1.29, 1.82) is 0 Å². The van der Waals surface area contributed by atoms with E-state index in [1.165, 1.54) is 4.90 Å². The molecule has 2 atom stereocenters. The summed E-state index contributed by atoms with van der Waals surface area (Å²) in [6, 6.07) is 21.5. The van der Waals surface area contributed by atoms with Crippen molar-refractivity contribution in [2.75, 3.05) is 26.2 Å². The Balaban J connectivity index is 1.57. The SMILES string of the molecule is CC[NH+](CC)CCN1C(=O)C(=O)C(=C(O)c2ccc3c(c2)C[C@H](C)O3)[C@@H]1c1cccc(Oc2ccccc2)c1. The van der Waals surface area contributed by atoms with Crippen LogP contribution in [0.4, 0.5) is 0 Å². The third-order valence-corrected chi connectivity index (χ3v) is 7.57. The first-order valence-corrected chi connectivity index (χ1v) is 13.6. The number of rotatable bonds is 9. The number of para-hydroxylation sites is 1. The maximum atomic E-state index is 13.5. The van der Waals surface area contributed by atoms with Gasteiger partial charge in [-0.1, -0.05) is 30.3 Å². The Bertz CT molecular complexity index is 1400. The molecule has 2 heterocycles. The zero-order chi connectivity index (χ0) is 27.5. The predicted octanol–water partition coefficient (Wildman–Crippen LogP) is 4.15. The molecule has 0 aliphatic carbocycles. The maximum Gasteiger partial charge on any atom is 0.295 e. The summed E-state index contributed by atoms with van der Waals surface area (Å²) in [7, 11) is 0. The summed E-state index contributed by atoms with van der Waals surface area (Å²) in [5, 5.41) is 11.5. The molecule has 0 saturated carbocycles. The van der Waals surface area contributed by atoms with Crippen molar-refractivity contribution in [2.24, 2.45) is 0 Å². The summed E-state index contributed by atoms with van der Waals surface area (Å²) in [4.78, 5) is 29.8. The molecule has 3 aromatic rings. The molecule has 2 aliphatic heterocycles. The number of ether oxygens (including phenoxy) is 2. The number of fused-ring (bicyclic) bond motifs is 1. The van der Waals surface area contributed by atoms with Gasteiger partial charge in [-0.05, 0) is 74.4 Å². The molecule has 202 valence electrons. The normalized spacial score (nSPS) is 19.8. The number of nitrogens with zero attached hydrogens (tertiary/aromatic N) is 1. The predicted molar refractivity (Wildman–Crippen MR) is 149 cm³/mol. The van der Waals surface area contributed by atoms with E-state index in [0.29, 0.717) is 35.7 Å². The van der Waals surface area contributed by atoms with Crippen molar-refractivity contribution in [3.63, 3.8) is 0 Å². The Morgan fingerprint density at radius 1 is 1.00 bits per heavy atom. The Kier molecular flexibility index (Phi) is 7.70. The van der Waals surface area contributed by atoms with E-state index in [9.17, 15) is 14.7 Å². The number of hydrogen-bond donors (Lipinski definition) is 2. The first kappa shape index (κ1) is 26.5. The molecule has 0 bridgehead atoms. The lowest BCUT2D eigenvalue weighted by atomic mass is 9.94. The van der Waals surface area contributed by atoms with Gasteiger partial charge in [0.25, 0.3) is 11.7 Å². The van der Waals surface area contributed by atoms with Crippen LogP contribution in [-0.2, 0) is 16.0 Å². The Morgan fingerprint density at radius 3 is 2.49 bits per heavy atom. The van der Waals surface area contributed by atoms with E-state index in [2.05, 4.69) is 13.8 Å². The molecule has 5 rings (SSSR count). The van der Waals surface area contributed by atoms with Crippen molar-refractivity contribution in [3.8, 4) is 17.2 Å². The second-order valence-electron chi connectivity index (χ2n) is 10.1. The molecule has 1 amide bonds. The zero-order valence-corrected chi connectivity index (χ0v) is 22.6. The fraction of sp³-hybridized carbons (Fsp3) is 0.312. The summed E-state index contributed by atoms with van der Waals surface area (Å²) in [6.45, 7) is 9.13. The number of Topliss-reactive ketones (excluding diaryl/α,β-unsaturated/α-hetero) is 1. The van der Waals surface area contributed by atoms with Crippen molar-refractivity contribution in [2.45, 2.75) is 39.3 Å². The van der Waals surface area contributed by atoms with Crippen LogP contribution in [0.25, 0.3) is 5.76 Å². The van der Waals surface area contributed by atoms with Crippen molar-refractivity contribution in [3.05, 3.63) is 95.1 Å². The van der Waals surface area contributed by atoms with Gasteiger partial charge in [0, 0.05) is 12.0 Å². The number of nitrogens with one attached hydrogen (secondary N) is 1. The molecule has 2 N–H and O–H groups in total. The number of aliphatic hydroxyl groups is 1. The second kappa shape index (κ2) is 11.3. The molecule has 1 saturated heterocycles. The van der Waals surface area contributed by atoms with Crippen LogP contribution in [0.5, 0.6) is 17.2 Å². The molecule has 7 nitrogen and oxygen atoms in total. The third kappa shape index (κ3) is 5.40. The minimum atomic E-state index is -0.734. The number of carbonyl (C=O) groups is 2. The van der Waals surface area contributed by atoms with Gasteiger partial charge in [-0.25, -0.2) is 0 Å². The van der Waals surface area contributed by atoms with E-state index in [1.807, 2.05) is 73.7 Å². The number of aliphatic hydroxyl groups excluding tert-OH is 1. The highest BCUT2D eigenvalue weighted by Crippen LogP contribution is 2.41. The number of benzene rings is 3. The van der Waals surface area contributed by atoms with Crippen LogP contribution in [0.1, 0.15) is 43.5 Å². The van der Waals surface area contributed by atoms with E-state index < -0.39 is 17.7 Å². The highest BCUT2D eigenvalue weighted by molar-refractivity contribution is 6.46. The van der Waals surface area contributed by atoms with Gasteiger partial charge < -0.3 is 24.4 Å². The smallest absolute Gasteiger partial charge is 0.295 e. The average Bonchev–Trinajstić information content (AvgIpc) is 3.44. The van der Waals surface area contributed by atoms with Crippen LogP contribution >= 0.6 is 0 Å². The number of likely N-dealkylation sites (N-methyl/N-ethyl adjacent to an activating group) is 1. The molecule has 1 fully saturated rings. The Hall–Kier alpha value is -4.10. The lowest BCUT2D eigenvalue weighted by Gasteiger charge is -2.27. The van der Waals surface area contributed by atoms with E-state index in [4.69, 9.17) is 9.47 Å². The quantitative estimate of drug-likeness (QED) is 0.248. The minimum Gasteiger partial charge on any atom is -0.507 e. The average molecular weight is 528 g/mol. The van der Waals surface area contributed by atoms with E-state index in [0.717, 1.165) is 30.8 Å². The van der Waals surface area contributed by atoms with Gasteiger partial charge in [0.15, 0.2) is 0 Å². The monoisotopic (exact) mass is 527 g/mol. The standard InChI is InChI=1S/C32H34N2O5/c1-4-33(5-2)16-17-34-29(22-10-9-13-26(20-22)39-25-11-7-6-8-12-25)28(31(36)32(34)37)30(35)23-14-15-27-24(19-23)18-21(3)38-27/h6-15,19-21,29,35H,4-5,16-18H2,1-3H3/p+1/t21-,29-/m0/s1. The molecular weight excluding hydrogens is 492 g/mol. The molecule has 0 unspecified atom stereocenters. The number of likely N-dealkylation sites (tertiary alicyclic amines) is 1. The van der Waals surface area contributed by atoms with Crippen LogP contribution in [-0.4, -0.2) is 54.0 Å². The Labute approximate surface area is 229 Å². The number of carbonyl (C=O) groups excluding carboxylic acids is 2. The van der Waals surface area contributed by atoms with Gasteiger partial charge in [-0.15, -0.1) is 0 Å². The molecule has 0 aromatic heterocycles. The van der Waals surface area contributed by atoms with Crippen LogP contribution in [0.3, 0.4) is 0 Å². The summed E-state index contributed by atoms with van der Waals surface area (Å²) < 4.78 is 11.9.